The summed E-state index contributed by atoms with van der Waals surface area (Å²) >= 11 is 16.8. The van der Waals surface area contributed by atoms with Crippen LogP contribution in [-0.4, -0.2) is 73.3 Å². The van der Waals surface area contributed by atoms with Gasteiger partial charge in [0, 0.05) is 58.7 Å². The summed E-state index contributed by atoms with van der Waals surface area (Å²) in [4.78, 5) is 29.6. The minimum atomic E-state index is -0.569. The number of benzene rings is 4. The van der Waals surface area contributed by atoms with Crippen molar-refractivity contribution in [1.29, 1.82) is 0 Å². The third-order valence-electron chi connectivity index (χ3n) is 7.58. The van der Waals surface area contributed by atoms with Crippen molar-refractivity contribution < 1.29 is 18.4 Å². The van der Waals surface area contributed by atoms with Gasteiger partial charge in [-0.2, -0.15) is 0 Å². The molecule has 0 spiro atoms. The summed E-state index contributed by atoms with van der Waals surface area (Å²) in [5.74, 6) is -0.876. The lowest BCUT2D eigenvalue weighted by Gasteiger charge is -2.27. The molecule has 264 valence electrons. The van der Waals surface area contributed by atoms with Crippen molar-refractivity contribution >= 4 is 57.3 Å². The highest BCUT2D eigenvalue weighted by Crippen LogP contribution is 2.21. The van der Waals surface area contributed by atoms with E-state index >= 15 is 0 Å². The fraction of sp³-hybridized carbons (Fsp3) is 0.316. The normalized spacial score (nSPS) is 10.5. The Morgan fingerprint density at radius 1 is 0.592 bits per heavy atom. The molecular formula is C38H45Cl3F2N4O2. The molecule has 4 aromatic carbocycles. The lowest BCUT2D eigenvalue weighted by molar-refractivity contribution is 0.0983. The number of carbonyl (C=O) groups excluding carboxylic acids is 2. The summed E-state index contributed by atoms with van der Waals surface area (Å²) in [5, 5.41) is 4.20. The average Bonchev–Trinajstić information content (AvgIpc) is 3.11. The van der Waals surface area contributed by atoms with Crippen molar-refractivity contribution in [3.63, 3.8) is 0 Å². The van der Waals surface area contributed by atoms with Crippen molar-refractivity contribution in [1.82, 2.24) is 9.80 Å². The second-order valence-electron chi connectivity index (χ2n) is 10.7. The molecule has 0 heterocycles. The van der Waals surface area contributed by atoms with E-state index in [1.807, 2.05) is 36.4 Å². The zero-order valence-electron chi connectivity index (χ0n) is 28.4. The van der Waals surface area contributed by atoms with Crippen LogP contribution in [0, 0.1) is 11.6 Å². The number of rotatable bonds is 14. The predicted octanol–water partition coefficient (Wildman–Crippen LogP) is 9.77. The molecule has 49 heavy (non-hydrogen) atoms. The van der Waals surface area contributed by atoms with Crippen LogP contribution in [0.25, 0.3) is 0 Å². The number of hydrogen-bond acceptors (Lipinski definition) is 5. The van der Waals surface area contributed by atoms with Crippen LogP contribution in [0.3, 0.4) is 0 Å². The summed E-state index contributed by atoms with van der Waals surface area (Å²) in [6.45, 7) is 16.0. The van der Waals surface area contributed by atoms with Gasteiger partial charge >= 0.3 is 0 Å². The number of hydrogen-bond donors (Lipinski definition) is 1. The standard InChI is InChI=1S/C19H22ClFN2O.C12H19ClN2.C7H4ClFO/c1-3-22(4-2)13-14-23(18-11-7-16(20)8-12-18)19(24)15-5-9-17(21)10-6-15;1-3-15(4-2)10-9-14-12-7-5-11(13)6-8-12;8-7(10)5-1-3-6(9)4-2-5/h5-12H,3-4,13-14H2,1-2H3;5-8,14H,3-4,9-10H2,1-2H3;1-4H. The summed E-state index contributed by atoms with van der Waals surface area (Å²) in [6.07, 6.45) is 0. The smallest absolute Gasteiger partial charge is 0.258 e. The van der Waals surface area contributed by atoms with Gasteiger partial charge in [0.05, 0.1) is 0 Å². The lowest BCUT2D eigenvalue weighted by Crippen LogP contribution is -2.38. The number of likely N-dealkylation sites (N-methyl/N-ethyl adjacent to an activating group) is 2. The number of nitrogens with one attached hydrogen (secondary N) is 1. The molecule has 0 aliphatic heterocycles. The summed E-state index contributed by atoms with van der Waals surface area (Å²) < 4.78 is 25.3. The number of amides is 1. The van der Waals surface area contributed by atoms with Crippen LogP contribution in [-0.2, 0) is 0 Å². The maximum atomic E-state index is 13.1. The van der Waals surface area contributed by atoms with Crippen LogP contribution >= 0.6 is 34.8 Å². The number of carbonyl (C=O) groups is 2. The Morgan fingerprint density at radius 2 is 1.02 bits per heavy atom. The second kappa shape index (κ2) is 23.0. The van der Waals surface area contributed by atoms with E-state index in [-0.39, 0.29) is 17.5 Å². The zero-order valence-corrected chi connectivity index (χ0v) is 30.7. The molecule has 0 saturated carbocycles. The Hall–Kier alpha value is -3.53. The van der Waals surface area contributed by atoms with Gasteiger partial charge in [-0.15, -0.1) is 0 Å². The Morgan fingerprint density at radius 3 is 1.47 bits per heavy atom. The Balaban J connectivity index is 0.000000283. The van der Waals surface area contributed by atoms with Crippen molar-refractivity contribution in [3.05, 3.63) is 130 Å². The molecule has 0 saturated heterocycles. The molecule has 0 bridgehead atoms. The highest BCUT2D eigenvalue weighted by atomic mass is 35.5. The van der Waals surface area contributed by atoms with E-state index < -0.39 is 5.24 Å². The summed E-state index contributed by atoms with van der Waals surface area (Å²) in [6, 6.07) is 25.7. The van der Waals surface area contributed by atoms with Crippen molar-refractivity contribution in [2.24, 2.45) is 0 Å². The number of nitrogens with zero attached hydrogens (tertiary/aromatic N) is 3. The SMILES string of the molecule is CCN(CC)CCN(C(=O)c1ccc(F)cc1)c1ccc(Cl)cc1.CCN(CC)CCNc1ccc(Cl)cc1.O=C(Cl)c1ccc(F)cc1. The first-order valence-electron chi connectivity index (χ1n) is 16.2. The molecular weight excluding hydrogens is 689 g/mol. The third kappa shape index (κ3) is 15.7. The Bertz CT molecular complexity index is 1520. The number of halogens is 5. The zero-order chi connectivity index (χ0) is 36.2. The van der Waals surface area contributed by atoms with E-state index in [9.17, 15) is 18.4 Å². The topological polar surface area (TPSA) is 55.9 Å². The van der Waals surface area contributed by atoms with Crippen LogP contribution in [0.15, 0.2) is 97.1 Å². The third-order valence-corrected chi connectivity index (χ3v) is 8.30. The van der Waals surface area contributed by atoms with Crippen molar-refractivity contribution in [2.45, 2.75) is 27.7 Å². The molecule has 0 aromatic heterocycles. The second-order valence-corrected chi connectivity index (χ2v) is 11.9. The van der Waals surface area contributed by atoms with Gasteiger partial charge in [-0.1, -0.05) is 50.9 Å². The van der Waals surface area contributed by atoms with Gasteiger partial charge in [-0.25, -0.2) is 8.78 Å². The maximum absolute atomic E-state index is 13.1. The molecule has 4 aromatic rings. The Labute approximate surface area is 304 Å². The largest absolute Gasteiger partial charge is 0.384 e. The van der Waals surface area contributed by atoms with Crippen LogP contribution in [0.2, 0.25) is 10.0 Å². The van der Waals surface area contributed by atoms with Gasteiger partial charge in [0.25, 0.3) is 11.1 Å². The number of anilines is 2. The van der Waals surface area contributed by atoms with Crippen LogP contribution in [0.1, 0.15) is 48.4 Å². The van der Waals surface area contributed by atoms with E-state index in [2.05, 4.69) is 42.8 Å². The first-order chi connectivity index (χ1) is 23.5. The van der Waals surface area contributed by atoms with E-state index in [1.165, 1.54) is 48.5 Å². The van der Waals surface area contributed by atoms with Crippen molar-refractivity contribution in [3.8, 4) is 0 Å². The van der Waals surface area contributed by atoms with Gasteiger partial charge in [0.2, 0.25) is 0 Å². The first-order valence-corrected chi connectivity index (χ1v) is 17.4. The minimum absolute atomic E-state index is 0.149. The van der Waals surface area contributed by atoms with Gasteiger partial charge in [0.1, 0.15) is 11.6 Å². The first kappa shape index (κ1) is 41.6. The van der Waals surface area contributed by atoms with Gasteiger partial charge < -0.3 is 20.0 Å². The molecule has 0 aliphatic rings. The maximum Gasteiger partial charge on any atom is 0.258 e. The van der Waals surface area contributed by atoms with E-state index in [4.69, 9.17) is 34.8 Å². The Kier molecular flexibility index (Phi) is 19.5. The fourth-order valence-corrected chi connectivity index (χ4v) is 4.92. The molecule has 0 aliphatic carbocycles. The molecule has 0 unspecified atom stereocenters. The summed E-state index contributed by atoms with van der Waals surface area (Å²) in [7, 11) is 0. The molecule has 11 heteroatoms. The molecule has 6 nitrogen and oxygen atoms in total. The van der Waals surface area contributed by atoms with E-state index in [0.717, 1.165) is 62.2 Å². The molecule has 0 atom stereocenters. The average molecular weight is 734 g/mol. The van der Waals surface area contributed by atoms with Crippen LogP contribution in [0.5, 0.6) is 0 Å². The van der Waals surface area contributed by atoms with Crippen LogP contribution in [0.4, 0.5) is 20.2 Å². The van der Waals surface area contributed by atoms with Crippen molar-refractivity contribution in [2.75, 3.05) is 62.6 Å². The summed E-state index contributed by atoms with van der Waals surface area (Å²) in [5.41, 5.74) is 2.68. The van der Waals surface area contributed by atoms with E-state index in [1.54, 1.807) is 17.0 Å². The monoisotopic (exact) mass is 732 g/mol. The molecule has 1 N–H and O–H groups in total. The molecule has 4 rings (SSSR count). The molecule has 0 radical (unpaired) electrons. The van der Waals surface area contributed by atoms with Crippen LogP contribution < -0.4 is 10.2 Å². The lowest BCUT2D eigenvalue weighted by atomic mass is 10.1. The highest BCUT2D eigenvalue weighted by molar-refractivity contribution is 6.67. The van der Waals surface area contributed by atoms with Gasteiger partial charge in [-0.3, -0.25) is 9.59 Å². The predicted molar refractivity (Wildman–Crippen MR) is 202 cm³/mol. The molecule has 1 amide bonds. The highest BCUT2D eigenvalue weighted by Gasteiger charge is 2.18. The quantitative estimate of drug-likeness (QED) is 0.131. The minimum Gasteiger partial charge on any atom is -0.384 e. The van der Waals surface area contributed by atoms with E-state index in [0.29, 0.717) is 22.7 Å². The van der Waals surface area contributed by atoms with Gasteiger partial charge in [-0.05, 0) is 135 Å². The fourth-order valence-electron chi connectivity index (χ4n) is 4.55. The van der Waals surface area contributed by atoms with Gasteiger partial charge in [0.15, 0.2) is 0 Å². The molecule has 0 fully saturated rings.